The Morgan fingerprint density at radius 1 is 0.964 bits per heavy atom. The Bertz CT molecular complexity index is 874. The lowest BCUT2D eigenvalue weighted by Crippen LogP contribution is -2.07. The molecule has 0 amide bonds. The quantitative estimate of drug-likeness (QED) is 0.685. The van der Waals surface area contributed by atoms with E-state index in [1.54, 1.807) is 48.5 Å². The third kappa shape index (κ3) is 5.19. The molecule has 0 atom stereocenters. The van der Waals surface area contributed by atoms with Crippen LogP contribution in [0.3, 0.4) is 0 Å². The molecule has 148 valence electrons. The van der Waals surface area contributed by atoms with E-state index in [9.17, 15) is 13.2 Å². The number of carbonyl (C=O) groups is 2. The summed E-state index contributed by atoms with van der Waals surface area (Å²) in [6.45, 7) is 4.00. The number of nitrogens with two attached hydrogens (primary N) is 1. The van der Waals surface area contributed by atoms with Crippen molar-refractivity contribution < 1.29 is 27.5 Å². The van der Waals surface area contributed by atoms with Gasteiger partial charge in [0.25, 0.3) is 0 Å². The minimum absolute atomic E-state index is 0.328. The molecule has 1 heterocycles. The summed E-state index contributed by atoms with van der Waals surface area (Å²) in [6.07, 6.45) is -4.53. The SMILES string of the molecule is C=O.C=O.COc1ccc(-c2cc(C(F)(F)F)nn2-c2ccc(N)cc2)cc1. The lowest BCUT2D eigenvalue weighted by molar-refractivity contribution is -0.141. The molecule has 0 spiro atoms. The zero-order valence-electron chi connectivity index (χ0n) is 14.9. The van der Waals surface area contributed by atoms with Crippen LogP contribution in [0.2, 0.25) is 0 Å². The standard InChI is InChI=1S/C17H14F3N3O.2CH2O/c1-24-14-8-2-11(3-9-14)15-10-16(17(18,19)20)22-23(15)13-6-4-12(21)5-7-13;2*1-2/h2-10H,21H2,1H3;2*1H2. The summed E-state index contributed by atoms with van der Waals surface area (Å²) in [4.78, 5) is 16.0. The number of carbonyl (C=O) groups excluding carboxylic acids is 2. The van der Waals surface area contributed by atoms with E-state index in [4.69, 9.17) is 20.1 Å². The number of benzene rings is 2. The van der Waals surface area contributed by atoms with Crippen LogP contribution in [-0.2, 0) is 15.8 Å². The number of nitrogens with zero attached hydrogens (tertiary/aromatic N) is 2. The minimum atomic E-state index is -4.53. The second-order valence-electron chi connectivity index (χ2n) is 5.14. The van der Waals surface area contributed by atoms with Gasteiger partial charge in [-0.15, -0.1) is 0 Å². The molecule has 0 radical (unpaired) electrons. The van der Waals surface area contributed by atoms with Crippen LogP contribution in [0, 0.1) is 0 Å². The minimum Gasteiger partial charge on any atom is -0.497 e. The smallest absolute Gasteiger partial charge is 0.435 e. The van der Waals surface area contributed by atoms with E-state index in [1.807, 2.05) is 13.6 Å². The largest absolute Gasteiger partial charge is 0.497 e. The Balaban J connectivity index is 0.000000921. The average Bonchev–Trinajstić information content (AvgIpc) is 3.18. The van der Waals surface area contributed by atoms with Gasteiger partial charge in [-0.2, -0.15) is 18.3 Å². The summed E-state index contributed by atoms with van der Waals surface area (Å²) >= 11 is 0. The van der Waals surface area contributed by atoms with Crippen LogP contribution in [0.25, 0.3) is 16.9 Å². The predicted octanol–water partition coefficient (Wildman–Crippen LogP) is 3.78. The van der Waals surface area contributed by atoms with E-state index in [2.05, 4.69) is 5.10 Å². The Kier molecular flexibility index (Phi) is 7.93. The number of anilines is 1. The average molecular weight is 393 g/mol. The fourth-order valence-electron chi connectivity index (χ4n) is 2.30. The first-order valence-electron chi connectivity index (χ1n) is 7.64. The first-order chi connectivity index (χ1) is 13.4. The van der Waals surface area contributed by atoms with Crippen molar-refractivity contribution in [1.29, 1.82) is 0 Å². The van der Waals surface area contributed by atoms with E-state index in [-0.39, 0.29) is 0 Å². The highest BCUT2D eigenvalue weighted by atomic mass is 19.4. The predicted molar refractivity (Wildman–Crippen MR) is 99.2 cm³/mol. The summed E-state index contributed by atoms with van der Waals surface area (Å²) in [5.41, 5.74) is 6.62. The number of ether oxygens (including phenoxy) is 1. The van der Waals surface area contributed by atoms with Gasteiger partial charge in [0.05, 0.1) is 18.5 Å². The molecule has 0 saturated heterocycles. The van der Waals surface area contributed by atoms with E-state index < -0.39 is 11.9 Å². The normalized spacial score (nSPS) is 10.1. The summed E-state index contributed by atoms with van der Waals surface area (Å²) in [5, 5.41) is 3.72. The van der Waals surface area contributed by atoms with Gasteiger partial charge in [-0.1, -0.05) is 0 Å². The number of nitrogen functional groups attached to an aromatic ring is 1. The molecule has 0 aliphatic carbocycles. The van der Waals surface area contributed by atoms with Crippen LogP contribution < -0.4 is 10.5 Å². The first kappa shape index (κ1) is 22.4. The fourth-order valence-corrected chi connectivity index (χ4v) is 2.30. The Labute approximate surface area is 159 Å². The van der Waals surface area contributed by atoms with E-state index in [0.29, 0.717) is 28.4 Å². The van der Waals surface area contributed by atoms with E-state index >= 15 is 0 Å². The topological polar surface area (TPSA) is 87.2 Å². The molecule has 6 nitrogen and oxygen atoms in total. The molecule has 3 aromatic rings. The van der Waals surface area contributed by atoms with Gasteiger partial charge in [-0.25, -0.2) is 4.68 Å². The zero-order valence-corrected chi connectivity index (χ0v) is 14.9. The second kappa shape index (κ2) is 9.91. The molecule has 0 aliphatic heterocycles. The monoisotopic (exact) mass is 393 g/mol. The number of hydrogen-bond donors (Lipinski definition) is 1. The van der Waals surface area contributed by atoms with Crippen LogP contribution in [0.1, 0.15) is 5.69 Å². The van der Waals surface area contributed by atoms with Gasteiger partial charge in [0.1, 0.15) is 19.3 Å². The summed E-state index contributed by atoms with van der Waals surface area (Å²) in [5.74, 6) is 0.619. The van der Waals surface area contributed by atoms with Crippen molar-refractivity contribution in [2.75, 3.05) is 12.8 Å². The molecule has 2 aromatic carbocycles. The van der Waals surface area contributed by atoms with Crippen LogP contribution >= 0.6 is 0 Å². The molecule has 0 saturated carbocycles. The van der Waals surface area contributed by atoms with E-state index in [0.717, 1.165) is 6.07 Å². The molecule has 28 heavy (non-hydrogen) atoms. The highest BCUT2D eigenvalue weighted by molar-refractivity contribution is 5.64. The molecule has 2 N–H and O–H groups in total. The van der Waals surface area contributed by atoms with Crippen molar-refractivity contribution in [3.63, 3.8) is 0 Å². The summed E-state index contributed by atoms with van der Waals surface area (Å²) in [6, 6.07) is 14.2. The number of hydrogen-bond acceptors (Lipinski definition) is 5. The van der Waals surface area contributed by atoms with Gasteiger partial charge in [-0.3, -0.25) is 0 Å². The number of halogens is 3. The maximum atomic E-state index is 13.1. The van der Waals surface area contributed by atoms with Gasteiger partial charge < -0.3 is 20.1 Å². The molecule has 9 heteroatoms. The van der Waals surface area contributed by atoms with Crippen LogP contribution in [-0.4, -0.2) is 30.5 Å². The van der Waals surface area contributed by atoms with Crippen molar-refractivity contribution in [3.05, 3.63) is 60.3 Å². The molecule has 3 rings (SSSR count). The van der Waals surface area contributed by atoms with Crippen molar-refractivity contribution in [2.45, 2.75) is 6.18 Å². The van der Waals surface area contributed by atoms with Gasteiger partial charge in [0.15, 0.2) is 5.69 Å². The molecular weight excluding hydrogens is 375 g/mol. The highest BCUT2D eigenvalue weighted by Crippen LogP contribution is 2.33. The number of rotatable bonds is 3. The maximum Gasteiger partial charge on any atom is 0.435 e. The van der Waals surface area contributed by atoms with E-state index in [1.165, 1.54) is 11.8 Å². The van der Waals surface area contributed by atoms with Crippen molar-refractivity contribution in [3.8, 4) is 22.7 Å². The third-order valence-electron chi connectivity index (χ3n) is 3.52. The van der Waals surface area contributed by atoms with Crippen LogP contribution in [0.4, 0.5) is 18.9 Å². The Hall–Kier alpha value is -3.62. The zero-order chi connectivity index (χ0) is 21.3. The third-order valence-corrected chi connectivity index (χ3v) is 3.52. The molecule has 0 unspecified atom stereocenters. The summed E-state index contributed by atoms with van der Waals surface area (Å²) in [7, 11) is 1.52. The van der Waals surface area contributed by atoms with Gasteiger partial charge in [0.2, 0.25) is 0 Å². The van der Waals surface area contributed by atoms with Gasteiger partial charge >= 0.3 is 6.18 Å². The van der Waals surface area contributed by atoms with Crippen molar-refractivity contribution >= 4 is 19.3 Å². The first-order valence-corrected chi connectivity index (χ1v) is 7.64. The maximum absolute atomic E-state index is 13.1. The number of methoxy groups -OCH3 is 1. The lowest BCUT2D eigenvalue weighted by Gasteiger charge is -2.08. The summed E-state index contributed by atoms with van der Waals surface area (Å²) < 4.78 is 45.6. The van der Waals surface area contributed by atoms with Crippen molar-refractivity contribution in [2.24, 2.45) is 0 Å². The molecule has 0 aliphatic rings. The highest BCUT2D eigenvalue weighted by Gasteiger charge is 2.35. The Morgan fingerprint density at radius 2 is 1.50 bits per heavy atom. The Morgan fingerprint density at radius 3 is 1.96 bits per heavy atom. The fraction of sp³-hybridized carbons (Fsp3) is 0.105. The number of alkyl halides is 3. The second-order valence-corrected chi connectivity index (χ2v) is 5.14. The van der Waals surface area contributed by atoms with Crippen LogP contribution in [0.5, 0.6) is 5.75 Å². The lowest BCUT2D eigenvalue weighted by atomic mass is 10.1. The molecule has 0 bridgehead atoms. The van der Waals surface area contributed by atoms with Crippen molar-refractivity contribution in [1.82, 2.24) is 9.78 Å². The molecule has 0 fully saturated rings. The molecule has 1 aromatic heterocycles. The van der Waals surface area contributed by atoms with Gasteiger partial charge in [-0.05, 0) is 54.6 Å². The molecular formula is C19H18F3N3O3. The number of aromatic nitrogens is 2. The van der Waals surface area contributed by atoms with Gasteiger partial charge in [0, 0.05) is 11.3 Å². The van der Waals surface area contributed by atoms with Crippen LogP contribution in [0.15, 0.2) is 54.6 Å².